The summed E-state index contributed by atoms with van der Waals surface area (Å²) in [5, 5.41) is 0. The van der Waals surface area contributed by atoms with Crippen LogP contribution >= 0.6 is 12.4 Å². The number of nitrogens with one attached hydrogen (secondary N) is 1. The van der Waals surface area contributed by atoms with Crippen molar-refractivity contribution in [2.45, 2.75) is 38.1 Å². The van der Waals surface area contributed by atoms with Crippen LogP contribution in [0.15, 0.2) is 23.1 Å². The Morgan fingerprint density at radius 3 is 2.22 bits per heavy atom. The van der Waals surface area contributed by atoms with Crippen LogP contribution in [-0.4, -0.2) is 20.5 Å². The van der Waals surface area contributed by atoms with Crippen LogP contribution in [0.5, 0.6) is 0 Å². The topological polar surface area (TPSA) is 72.2 Å². The van der Waals surface area contributed by atoms with Crippen LogP contribution in [0, 0.1) is 13.8 Å². The van der Waals surface area contributed by atoms with Crippen LogP contribution in [0.1, 0.15) is 25.0 Å². The van der Waals surface area contributed by atoms with Crippen molar-refractivity contribution in [2.24, 2.45) is 5.73 Å². The summed E-state index contributed by atoms with van der Waals surface area (Å²) in [4.78, 5) is 0.280. The predicted molar refractivity (Wildman–Crippen MR) is 76.6 cm³/mol. The summed E-state index contributed by atoms with van der Waals surface area (Å²) in [6, 6.07) is 5.08. The molecular formula is C12H21ClN2O2S. The highest BCUT2D eigenvalue weighted by atomic mass is 35.5. The van der Waals surface area contributed by atoms with E-state index in [0.29, 0.717) is 0 Å². The van der Waals surface area contributed by atoms with E-state index in [1.54, 1.807) is 32.0 Å². The van der Waals surface area contributed by atoms with Gasteiger partial charge in [0.15, 0.2) is 0 Å². The van der Waals surface area contributed by atoms with Gasteiger partial charge in [-0.1, -0.05) is 6.07 Å². The fourth-order valence-electron chi connectivity index (χ4n) is 1.35. The van der Waals surface area contributed by atoms with Crippen molar-refractivity contribution >= 4 is 22.4 Å². The van der Waals surface area contributed by atoms with Crippen LogP contribution < -0.4 is 10.5 Å². The maximum Gasteiger partial charge on any atom is 0.241 e. The van der Waals surface area contributed by atoms with Crippen LogP contribution in [0.25, 0.3) is 0 Å². The first-order valence-corrected chi connectivity index (χ1v) is 6.97. The molecule has 6 heteroatoms. The van der Waals surface area contributed by atoms with Gasteiger partial charge in [0.2, 0.25) is 10.0 Å². The standard InChI is InChI=1S/C12H20N2O2S.ClH/c1-9-5-6-11(7-10(9)2)17(15,16)14-12(3,4)8-13;/h5-7,14H,8,13H2,1-4H3;1H. The number of halogens is 1. The Labute approximate surface area is 115 Å². The van der Waals surface area contributed by atoms with Gasteiger partial charge in [-0.2, -0.15) is 0 Å². The minimum absolute atomic E-state index is 0. The van der Waals surface area contributed by atoms with Crippen LogP contribution in [0.4, 0.5) is 0 Å². The SMILES string of the molecule is Cc1ccc(S(=O)(=O)NC(C)(C)CN)cc1C.Cl. The van der Waals surface area contributed by atoms with Crippen molar-refractivity contribution < 1.29 is 8.42 Å². The Kier molecular flexibility index (Phi) is 5.81. The van der Waals surface area contributed by atoms with E-state index < -0.39 is 15.6 Å². The molecule has 18 heavy (non-hydrogen) atoms. The van der Waals surface area contributed by atoms with Crippen molar-refractivity contribution in [3.05, 3.63) is 29.3 Å². The quantitative estimate of drug-likeness (QED) is 0.888. The molecular weight excluding hydrogens is 272 g/mol. The molecule has 104 valence electrons. The molecule has 0 spiro atoms. The van der Waals surface area contributed by atoms with E-state index in [1.165, 1.54) is 0 Å². The molecule has 0 bridgehead atoms. The zero-order chi connectivity index (χ0) is 13.3. The molecule has 0 radical (unpaired) electrons. The maximum absolute atomic E-state index is 12.1. The Hall–Kier alpha value is -0.620. The van der Waals surface area contributed by atoms with E-state index in [9.17, 15) is 8.42 Å². The van der Waals surface area contributed by atoms with Crippen molar-refractivity contribution in [1.82, 2.24) is 4.72 Å². The van der Waals surface area contributed by atoms with Gasteiger partial charge in [0.1, 0.15) is 0 Å². The monoisotopic (exact) mass is 292 g/mol. The molecule has 0 aromatic heterocycles. The lowest BCUT2D eigenvalue weighted by molar-refractivity contribution is 0.462. The second kappa shape index (κ2) is 6.02. The molecule has 0 aliphatic rings. The van der Waals surface area contributed by atoms with Crippen molar-refractivity contribution in [3.8, 4) is 0 Å². The first kappa shape index (κ1) is 17.4. The normalized spacial score (nSPS) is 12.1. The van der Waals surface area contributed by atoms with Crippen LogP contribution in [0.3, 0.4) is 0 Å². The Morgan fingerprint density at radius 1 is 1.22 bits per heavy atom. The Morgan fingerprint density at radius 2 is 1.78 bits per heavy atom. The van der Waals surface area contributed by atoms with Gasteiger partial charge in [-0.3, -0.25) is 0 Å². The second-order valence-corrected chi connectivity index (χ2v) is 6.62. The molecule has 1 aromatic carbocycles. The molecule has 0 aliphatic heterocycles. The first-order valence-electron chi connectivity index (χ1n) is 5.49. The smallest absolute Gasteiger partial charge is 0.241 e. The summed E-state index contributed by atoms with van der Waals surface area (Å²) < 4.78 is 26.8. The van der Waals surface area contributed by atoms with E-state index in [1.807, 2.05) is 13.8 Å². The lowest BCUT2D eigenvalue weighted by Gasteiger charge is -2.24. The largest absolute Gasteiger partial charge is 0.329 e. The molecule has 3 N–H and O–H groups in total. The number of rotatable bonds is 4. The molecule has 1 aromatic rings. The number of benzene rings is 1. The summed E-state index contributed by atoms with van der Waals surface area (Å²) >= 11 is 0. The molecule has 0 aliphatic carbocycles. The van der Waals surface area contributed by atoms with Gasteiger partial charge >= 0.3 is 0 Å². The van der Waals surface area contributed by atoms with Crippen molar-refractivity contribution in [2.75, 3.05) is 6.54 Å². The van der Waals surface area contributed by atoms with Gasteiger partial charge < -0.3 is 5.73 Å². The second-order valence-electron chi connectivity index (χ2n) is 4.94. The third kappa shape index (κ3) is 4.24. The van der Waals surface area contributed by atoms with Gasteiger partial charge in [0, 0.05) is 12.1 Å². The zero-order valence-electron chi connectivity index (χ0n) is 11.1. The minimum atomic E-state index is -3.50. The summed E-state index contributed by atoms with van der Waals surface area (Å²) in [6.07, 6.45) is 0. The van der Waals surface area contributed by atoms with E-state index in [0.717, 1.165) is 11.1 Å². The van der Waals surface area contributed by atoms with E-state index in [-0.39, 0.29) is 23.8 Å². The average molecular weight is 293 g/mol. The highest BCUT2D eigenvalue weighted by molar-refractivity contribution is 7.89. The molecule has 0 heterocycles. The number of aryl methyl sites for hydroxylation is 2. The number of nitrogens with two attached hydrogens (primary N) is 1. The van der Waals surface area contributed by atoms with E-state index in [4.69, 9.17) is 5.73 Å². The van der Waals surface area contributed by atoms with Crippen molar-refractivity contribution in [1.29, 1.82) is 0 Å². The van der Waals surface area contributed by atoms with Gasteiger partial charge in [0.25, 0.3) is 0 Å². The molecule has 1 rings (SSSR count). The molecule has 0 atom stereocenters. The van der Waals surface area contributed by atoms with E-state index >= 15 is 0 Å². The van der Waals surface area contributed by atoms with Gasteiger partial charge in [0.05, 0.1) is 4.90 Å². The third-order valence-electron chi connectivity index (χ3n) is 2.71. The average Bonchev–Trinajstić information content (AvgIpc) is 2.20. The summed E-state index contributed by atoms with van der Waals surface area (Å²) in [7, 11) is -3.50. The highest BCUT2D eigenvalue weighted by Gasteiger charge is 2.24. The van der Waals surface area contributed by atoms with Crippen LogP contribution in [-0.2, 0) is 10.0 Å². The lowest BCUT2D eigenvalue weighted by Crippen LogP contribution is -2.48. The lowest BCUT2D eigenvalue weighted by atomic mass is 10.1. The fourth-order valence-corrected chi connectivity index (χ4v) is 2.85. The summed E-state index contributed by atoms with van der Waals surface area (Å²) in [5.74, 6) is 0. The minimum Gasteiger partial charge on any atom is -0.329 e. The van der Waals surface area contributed by atoms with Gasteiger partial charge in [-0.05, 0) is 51.0 Å². The Balaban J connectivity index is 0.00000289. The summed E-state index contributed by atoms with van der Waals surface area (Å²) in [5.41, 5.74) is 6.91. The predicted octanol–water partition coefficient (Wildman–Crippen LogP) is 1.74. The Bertz CT molecular complexity index is 513. The molecule has 0 unspecified atom stereocenters. The van der Waals surface area contributed by atoms with E-state index in [2.05, 4.69) is 4.72 Å². The molecule has 0 fully saturated rings. The number of hydrogen-bond donors (Lipinski definition) is 2. The maximum atomic E-state index is 12.1. The first-order chi connectivity index (χ1) is 7.68. The molecule has 0 saturated heterocycles. The van der Waals surface area contributed by atoms with Gasteiger partial charge in [-0.25, -0.2) is 13.1 Å². The fraction of sp³-hybridized carbons (Fsp3) is 0.500. The number of sulfonamides is 1. The third-order valence-corrected chi connectivity index (χ3v) is 4.41. The highest BCUT2D eigenvalue weighted by Crippen LogP contribution is 2.16. The van der Waals surface area contributed by atoms with Crippen molar-refractivity contribution in [3.63, 3.8) is 0 Å². The molecule has 4 nitrogen and oxygen atoms in total. The molecule has 0 amide bonds. The summed E-state index contributed by atoms with van der Waals surface area (Å²) in [6.45, 7) is 7.60. The molecule has 0 saturated carbocycles. The zero-order valence-corrected chi connectivity index (χ0v) is 12.8. The number of hydrogen-bond acceptors (Lipinski definition) is 3. The van der Waals surface area contributed by atoms with Crippen LogP contribution in [0.2, 0.25) is 0 Å². The van der Waals surface area contributed by atoms with Gasteiger partial charge in [-0.15, -0.1) is 12.4 Å².